The van der Waals surface area contributed by atoms with E-state index in [1.165, 1.54) is 4.90 Å². The molecule has 1 aliphatic rings. The third-order valence-corrected chi connectivity index (χ3v) is 5.59. The van der Waals surface area contributed by atoms with Crippen LogP contribution < -0.4 is 5.32 Å². The third kappa shape index (κ3) is 5.21. The van der Waals surface area contributed by atoms with Gasteiger partial charge in [0.1, 0.15) is 11.6 Å². The van der Waals surface area contributed by atoms with Gasteiger partial charge in [-0.05, 0) is 44.6 Å². The number of halogens is 2. The first kappa shape index (κ1) is 21.9. The first-order chi connectivity index (χ1) is 14.4. The van der Waals surface area contributed by atoms with Crippen LogP contribution >= 0.6 is 0 Å². The summed E-state index contributed by atoms with van der Waals surface area (Å²) in [5.41, 5.74) is 0.987. The van der Waals surface area contributed by atoms with Crippen molar-refractivity contribution in [2.45, 2.75) is 18.9 Å². The second-order valence-corrected chi connectivity index (χ2v) is 7.83. The molecule has 160 valence electrons. The lowest BCUT2D eigenvalue weighted by atomic mass is 9.95. The molecule has 0 aromatic heterocycles. The van der Waals surface area contributed by atoms with Gasteiger partial charge in [-0.2, -0.15) is 0 Å². The molecule has 0 spiro atoms. The fourth-order valence-electron chi connectivity index (χ4n) is 3.79. The van der Waals surface area contributed by atoms with Gasteiger partial charge in [-0.3, -0.25) is 9.59 Å². The Bertz CT molecular complexity index is 881. The molecule has 5 nitrogen and oxygen atoms in total. The van der Waals surface area contributed by atoms with Crippen LogP contribution in [0.5, 0.6) is 0 Å². The van der Waals surface area contributed by atoms with E-state index in [0.717, 1.165) is 17.7 Å². The van der Waals surface area contributed by atoms with Crippen LogP contribution in [0.2, 0.25) is 0 Å². The Labute approximate surface area is 175 Å². The number of carbonyl (C=O) groups excluding carboxylic acids is 2. The number of likely N-dealkylation sites (N-methyl/N-ethyl adjacent to an activating group) is 1. The smallest absolute Gasteiger partial charge is 0.256 e. The second kappa shape index (κ2) is 9.80. The molecular formula is C23H27F2N3O2. The molecule has 1 saturated heterocycles. The summed E-state index contributed by atoms with van der Waals surface area (Å²) in [5, 5.41) is 3.04. The number of benzene rings is 2. The maximum Gasteiger partial charge on any atom is 0.256 e. The Hall–Kier alpha value is -2.80. The van der Waals surface area contributed by atoms with Crippen molar-refractivity contribution < 1.29 is 18.4 Å². The van der Waals surface area contributed by atoms with Crippen molar-refractivity contribution in [1.29, 1.82) is 0 Å². The molecular weight excluding hydrogens is 388 g/mol. The number of rotatable bonds is 6. The highest BCUT2D eigenvalue weighted by Gasteiger charge is 2.29. The standard InChI is InChI=1S/C23H27F2N3O2/c1-27(2)21(16-6-4-3-5-7-16)15-26-22(29)17-10-12-28(13-11-17)23(30)19-9-8-18(24)14-20(19)25/h3-9,14,17,21H,10-13,15H2,1-2H3,(H,26,29). The number of carbonyl (C=O) groups is 2. The highest BCUT2D eigenvalue weighted by Crippen LogP contribution is 2.22. The van der Waals surface area contributed by atoms with E-state index in [-0.39, 0.29) is 23.4 Å². The fourth-order valence-corrected chi connectivity index (χ4v) is 3.79. The van der Waals surface area contributed by atoms with Gasteiger partial charge in [0, 0.05) is 31.6 Å². The fraction of sp³-hybridized carbons (Fsp3) is 0.391. The van der Waals surface area contributed by atoms with Crippen LogP contribution in [0.1, 0.15) is 34.8 Å². The van der Waals surface area contributed by atoms with Crippen molar-refractivity contribution in [3.8, 4) is 0 Å². The molecule has 2 aromatic carbocycles. The summed E-state index contributed by atoms with van der Waals surface area (Å²) < 4.78 is 27.0. The van der Waals surface area contributed by atoms with Crippen LogP contribution in [0, 0.1) is 17.6 Å². The Morgan fingerprint density at radius 1 is 1.10 bits per heavy atom. The second-order valence-electron chi connectivity index (χ2n) is 7.83. The summed E-state index contributed by atoms with van der Waals surface area (Å²) in [5.74, 6) is -2.27. The zero-order valence-electron chi connectivity index (χ0n) is 17.3. The molecule has 30 heavy (non-hydrogen) atoms. The van der Waals surface area contributed by atoms with Crippen molar-refractivity contribution in [3.05, 3.63) is 71.3 Å². The Morgan fingerprint density at radius 3 is 2.37 bits per heavy atom. The summed E-state index contributed by atoms with van der Waals surface area (Å²) in [6, 6.07) is 13.0. The van der Waals surface area contributed by atoms with Crippen LogP contribution in [0.4, 0.5) is 8.78 Å². The molecule has 1 unspecified atom stereocenters. The van der Waals surface area contributed by atoms with Gasteiger partial charge >= 0.3 is 0 Å². The predicted octanol–water partition coefficient (Wildman–Crippen LogP) is 3.24. The molecule has 0 radical (unpaired) electrons. The number of piperidine rings is 1. The molecule has 1 atom stereocenters. The molecule has 7 heteroatoms. The van der Waals surface area contributed by atoms with Gasteiger partial charge < -0.3 is 15.1 Å². The largest absolute Gasteiger partial charge is 0.354 e. The minimum absolute atomic E-state index is 0.0298. The van der Waals surface area contributed by atoms with Gasteiger partial charge in [0.2, 0.25) is 5.91 Å². The van der Waals surface area contributed by atoms with Crippen LogP contribution in [-0.2, 0) is 4.79 Å². The van der Waals surface area contributed by atoms with Gasteiger partial charge in [0.05, 0.1) is 11.6 Å². The van der Waals surface area contributed by atoms with Gasteiger partial charge in [-0.1, -0.05) is 30.3 Å². The van der Waals surface area contributed by atoms with Crippen LogP contribution in [0.15, 0.2) is 48.5 Å². The lowest BCUT2D eigenvalue weighted by Crippen LogP contribution is -2.44. The molecule has 3 rings (SSSR count). The zero-order chi connectivity index (χ0) is 21.7. The normalized spacial score (nSPS) is 15.8. The molecule has 2 aromatic rings. The number of hydrogen-bond acceptors (Lipinski definition) is 3. The maximum absolute atomic E-state index is 13.9. The van der Waals surface area contributed by atoms with Crippen LogP contribution in [0.3, 0.4) is 0 Å². The van der Waals surface area contributed by atoms with Gasteiger partial charge in [0.25, 0.3) is 5.91 Å². The first-order valence-corrected chi connectivity index (χ1v) is 10.1. The number of likely N-dealkylation sites (tertiary alicyclic amines) is 1. The Balaban J connectivity index is 1.53. The summed E-state index contributed by atoms with van der Waals surface area (Å²) in [6.07, 6.45) is 1.02. The molecule has 1 N–H and O–H groups in total. The average molecular weight is 415 g/mol. The van der Waals surface area contributed by atoms with E-state index in [1.807, 2.05) is 44.4 Å². The minimum Gasteiger partial charge on any atom is -0.354 e. The van der Waals surface area contributed by atoms with Crippen molar-refractivity contribution in [1.82, 2.24) is 15.1 Å². The monoisotopic (exact) mass is 415 g/mol. The van der Waals surface area contributed by atoms with E-state index >= 15 is 0 Å². The number of amides is 2. The van der Waals surface area contributed by atoms with Crippen LogP contribution in [-0.4, -0.2) is 55.3 Å². The Morgan fingerprint density at radius 2 is 1.77 bits per heavy atom. The topological polar surface area (TPSA) is 52.7 Å². The first-order valence-electron chi connectivity index (χ1n) is 10.1. The maximum atomic E-state index is 13.9. The quantitative estimate of drug-likeness (QED) is 0.788. The van der Waals surface area contributed by atoms with Gasteiger partial charge in [0.15, 0.2) is 0 Å². The Kier molecular flexibility index (Phi) is 7.15. The van der Waals surface area contributed by atoms with Crippen molar-refractivity contribution >= 4 is 11.8 Å². The van der Waals surface area contributed by atoms with E-state index in [4.69, 9.17) is 0 Å². The average Bonchev–Trinajstić information content (AvgIpc) is 2.74. The summed E-state index contributed by atoms with van der Waals surface area (Å²) in [4.78, 5) is 28.8. The van der Waals surface area contributed by atoms with Crippen molar-refractivity contribution in [3.63, 3.8) is 0 Å². The molecule has 1 aliphatic heterocycles. The number of nitrogens with one attached hydrogen (secondary N) is 1. The molecule has 0 saturated carbocycles. The highest BCUT2D eigenvalue weighted by atomic mass is 19.1. The van der Waals surface area contributed by atoms with Crippen molar-refractivity contribution in [2.24, 2.45) is 5.92 Å². The van der Waals surface area contributed by atoms with Crippen LogP contribution in [0.25, 0.3) is 0 Å². The molecule has 1 heterocycles. The lowest BCUT2D eigenvalue weighted by molar-refractivity contribution is -0.126. The molecule has 0 bridgehead atoms. The lowest BCUT2D eigenvalue weighted by Gasteiger charge is -2.32. The SMILES string of the molecule is CN(C)C(CNC(=O)C1CCN(C(=O)c2ccc(F)cc2F)CC1)c1ccccc1. The summed E-state index contributed by atoms with van der Waals surface area (Å²) in [6.45, 7) is 1.23. The van der Waals surface area contributed by atoms with Gasteiger partial charge in [-0.15, -0.1) is 0 Å². The van der Waals surface area contributed by atoms with Crippen molar-refractivity contribution in [2.75, 3.05) is 33.7 Å². The van der Waals surface area contributed by atoms with E-state index in [2.05, 4.69) is 10.2 Å². The minimum atomic E-state index is -0.865. The summed E-state index contributed by atoms with van der Waals surface area (Å²) >= 11 is 0. The van der Waals surface area contributed by atoms with E-state index in [9.17, 15) is 18.4 Å². The number of hydrogen-bond donors (Lipinski definition) is 1. The molecule has 2 amide bonds. The highest BCUT2D eigenvalue weighted by molar-refractivity contribution is 5.94. The van der Waals surface area contributed by atoms with Gasteiger partial charge in [-0.25, -0.2) is 8.78 Å². The molecule has 1 fully saturated rings. The van der Waals surface area contributed by atoms with E-state index in [1.54, 1.807) is 0 Å². The predicted molar refractivity (Wildman–Crippen MR) is 111 cm³/mol. The van der Waals surface area contributed by atoms with E-state index in [0.29, 0.717) is 38.5 Å². The summed E-state index contributed by atoms with van der Waals surface area (Å²) in [7, 11) is 3.95. The molecule has 0 aliphatic carbocycles. The third-order valence-electron chi connectivity index (χ3n) is 5.59. The number of nitrogens with zero attached hydrogens (tertiary/aromatic N) is 2. The van der Waals surface area contributed by atoms with E-state index < -0.39 is 17.5 Å². The zero-order valence-corrected chi connectivity index (χ0v) is 17.3.